The summed E-state index contributed by atoms with van der Waals surface area (Å²) in [5, 5.41) is 1.17. The Bertz CT molecular complexity index is 920. The van der Waals surface area contributed by atoms with Crippen LogP contribution in [0, 0.1) is 0 Å². The van der Waals surface area contributed by atoms with Crippen molar-refractivity contribution < 1.29 is 0 Å². The maximum Gasteiger partial charge on any atom is 0.0744 e. The number of nitrogens with zero attached hydrogens (tertiary/aromatic N) is 2. The third-order valence-electron chi connectivity index (χ3n) is 5.32. The summed E-state index contributed by atoms with van der Waals surface area (Å²) in [6.45, 7) is 4.49. The van der Waals surface area contributed by atoms with Gasteiger partial charge in [0.15, 0.2) is 0 Å². The quantitative estimate of drug-likeness (QED) is 0.653. The summed E-state index contributed by atoms with van der Waals surface area (Å²) in [5.41, 5.74) is 5.91. The first-order chi connectivity index (χ1) is 11.7. The van der Waals surface area contributed by atoms with Crippen LogP contribution < -0.4 is 0 Å². The summed E-state index contributed by atoms with van der Waals surface area (Å²) in [7, 11) is 0. The van der Waals surface area contributed by atoms with E-state index in [1.165, 1.54) is 16.5 Å². The van der Waals surface area contributed by atoms with Crippen LogP contribution in [0.2, 0.25) is 0 Å². The molecule has 3 aromatic rings. The van der Waals surface area contributed by atoms with Crippen LogP contribution in [0.1, 0.15) is 43.4 Å². The Morgan fingerprint density at radius 3 is 2.54 bits per heavy atom. The Balaban J connectivity index is 1.93. The van der Waals surface area contributed by atoms with E-state index in [0.717, 1.165) is 36.1 Å². The molecular weight excluding hydrogens is 292 g/mol. The number of benzene rings is 2. The van der Waals surface area contributed by atoms with Crippen molar-refractivity contribution in [2.24, 2.45) is 4.99 Å². The maximum atomic E-state index is 5.25. The largest absolute Gasteiger partial charge is 0.277 e. The van der Waals surface area contributed by atoms with Gasteiger partial charge in [-0.25, -0.2) is 0 Å². The van der Waals surface area contributed by atoms with Gasteiger partial charge in [0.25, 0.3) is 0 Å². The molecule has 2 nitrogen and oxygen atoms in total. The van der Waals surface area contributed by atoms with Crippen LogP contribution in [-0.4, -0.2) is 16.2 Å². The van der Waals surface area contributed by atoms with E-state index in [2.05, 4.69) is 67.4 Å². The average Bonchev–Trinajstić information content (AvgIpc) is 2.66. The molecule has 2 aromatic carbocycles. The Labute approximate surface area is 143 Å². The van der Waals surface area contributed by atoms with E-state index in [9.17, 15) is 0 Å². The van der Waals surface area contributed by atoms with Crippen molar-refractivity contribution in [3.63, 3.8) is 0 Å². The molecule has 4 rings (SSSR count). The number of hydrogen-bond acceptors (Lipinski definition) is 2. The second-order valence-electron chi connectivity index (χ2n) is 6.64. The number of rotatable bonds is 3. The van der Waals surface area contributed by atoms with Crippen molar-refractivity contribution in [3.05, 3.63) is 77.5 Å². The van der Waals surface area contributed by atoms with Crippen molar-refractivity contribution >= 4 is 16.6 Å². The van der Waals surface area contributed by atoms with Gasteiger partial charge >= 0.3 is 0 Å². The molecule has 120 valence electrons. The normalized spacial score (nSPS) is 15.8. The van der Waals surface area contributed by atoms with Crippen LogP contribution in [-0.2, 0) is 6.42 Å². The Morgan fingerprint density at radius 1 is 0.958 bits per heavy atom. The zero-order chi connectivity index (χ0) is 16.6. The van der Waals surface area contributed by atoms with Gasteiger partial charge in [0.1, 0.15) is 0 Å². The first kappa shape index (κ1) is 15.1. The maximum absolute atomic E-state index is 5.25. The standard InChI is InChI=1S/C22H22N2/c1-3-22(4-2)14-17-10-5-7-11-19(17)21(24-22)18-13-16-9-6-8-12-20(16)23-15-18/h5-13,15H,3-4,14H2,1-2H3. The van der Waals surface area contributed by atoms with Gasteiger partial charge in [-0.3, -0.25) is 9.98 Å². The van der Waals surface area contributed by atoms with Gasteiger partial charge in [0.2, 0.25) is 0 Å². The van der Waals surface area contributed by atoms with Crippen LogP contribution in [0.5, 0.6) is 0 Å². The molecule has 0 N–H and O–H groups in total. The molecule has 0 atom stereocenters. The topological polar surface area (TPSA) is 25.2 Å². The summed E-state index contributed by atoms with van der Waals surface area (Å²) < 4.78 is 0. The number of aromatic nitrogens is 1. The number of para-hydroxylation sites is 1. The highest BCUT2D eigenvalue weighted by Gasteiger charge is 2.32. The van der Waals surface area contributed by atoms with Crippen LogP contribution in [0.4, 0.5) is 0 Å². The monoisotopic (exact) mass is 314 g/mol. The van der Waals surface area contributed by atoms with Crippen LogP contribution in [0.15, 0.2) is 65.8 Å². The number of hydrogen-bond donors (Lipinski definition) is 0. The van der Waals surface area contributed by atoms with Gasteiger partial charge in [0.05, 0.1) is 16.8 Å². The molecule has 0 amide bonds. The Morgan fingerprint density at radius 2 is 1.71 bits per heavy atom. The van der Waals surface area contributed by atoms with E-state index >= 15 is 0 Å². The van der Waals surface area contributed by atoms with Crippen molar-refractivity contribution in [3.8, 4) is 0 Å². The van der Waals surface area contributed by atoms with E-state index < -0.39 is 0 Å². The number of pyridine rings is 1. The molecule has 0 radical (unpaired) electrons. The zero-order valence-corrected chi connectivity index (χ0v) is 14.3. The molecule has 1 aromatic heterocycles. The second-order valence-corrected chi connectivity index (χ2v) is 6.64. The van der Waals surface area contributed by atoms with Crippen molar-refractivity contribution in [1.29, 1.82) is 0 Å². The van der Waals surface area contributed by atoms with Gasteiger partial charge in [-0.05, 0) is 37.0 Å². The highest BCUT2D eigenvalue weighted by molar-refractivity contribution is 6.15. The van der Waals surface area contributed by atoms with Gasteiger partial charge in [-0.15, -0.1) is 0 Å². The van der Waals surface area contributed by atoms with E-state index in [4.69, 9.17) is 4.99 Å². The van der Waals surface area contributed by atoms with Gasteiger partial charge in [0, 0.05) is 22.7 Å². The van der Waals surface area contributed by atoms with Gasteiger partial charge in [-0.1, -0.05) is 56.3 Å². The zero-order valence-electron chi connectivity index (χ0n) is 14.3. The van der Waals surface area contributed by atoms with E-state index in [0.29, 0.717) is 0 Å². The van der Waals surface area contributed by atoms with Crippen LogP contribution in [0.25, 0.3) is 10.9 Å². The Kier molecular flexibility index (Phi) is 3.68. The minimum Gasteiger partial charge on any atom is -0.277 e. The lowest BCUT2D eigenvalue weighted by atomic mass is 9.80. The first-order valence-electron chi connectivity index (χ1n) is 8.78. The van der Waals surface area contributed by atoms with Crippen LogP contribution in [0.3, 0.4) is 0 Å². The molecule has 0 bridgehead atoms. The number of aliphatic imine (C=N–C) groups is 1. The number of fused-ring (bicyclic) bond motifs is 2. The lowest BCUT2D eigenvalue weighted by Crippen LogP contribution is -2.34. The van der Waals surface area contributed by atoms with Crippen LogP contribution >= 0.6 is 0 Å². The molecule has 1 aliphatic rings. The van der Waals surface area contributed by atoms with Crippen molar-refractivity contribution in [2.75, 3.05) is 0 Å². The third kappa shape index (κ3) is 2.43. The minimum absolute atomic E-state index is 0.00926. The highest BCUT2D eigenvalue weighted by atomic mass is 14.9. The summed E-state index contributed by atoms with van der Waals surface area (Å²) in [6.07, 6.45) is 5.12. The molecule has 0 spiro atoms. The van der Waals surface area contributed by atoms with Crippen molar-refractivity contribution in [2.45, 2.75) is 38.6 Å². The van der Waals surface area contributed by atoms with Crippen molar-refractivity contribution in [1.82, 2.24) is 4.98 Å². The molecule has 2 heteroatoms. The smallest absolute Gasteiger partial charge is 0.0744 e. The summed E-state index contributed by atoms with van der Waals surface area (Å²) in [4.78, 5) is 9.89. The molecule has 0 aliphatic carbocycles. The summed E-state index contributed by atoms with van der Waals surface area (Å²) in [5.74, 6) is 0. The molecule has 0 saturated heterocycles. The highest BCUT2D eigenvalue weighted by Crippen LogP contribution is 2.34. The predicted molar refractivity (Wildman–Crippen MR) is 101 cm³/mol. The fraction of sp³-hybridized carbons (Fsp3) is 0.273. The molecule has 0 saturated carbocycles. The molecule has 0 unspecified atom stereocenters. The van der Waals surface area contributed by atoms with E-state index in [1.807, 2.05) is 12.3 Å². The SMILES string of the molecule is CCC1(CC)Cc2ccccc2C(c2cnc3ccccc3c2)=N1. The van der Waals surface area contributed by atoms with Gasteiger partial charge in [-0.2, -0.15) is 0 Å². The van der Waals surface area contributed by atoms with Gasteiger partial charge < -0.3 is 0 Å². The molecule has 24 heavy (non-hydrogen) atoms. The first-order valence-corrected chi connectivity index (χ1v) is 8.78. The lowest BCUT2D eigenvalue weighted by Gasteiger charge is -2.34. The fourth-order valence-corrected chi connectivity index (χ4v) is 3.68. The predicted octanol–water partition coefficient (Wildman–Crippen LogP) is 5.19. The van der Waals surface area contributed by atoms with E-state index in [-0.39, 0.29) is 5.54 Å². The minimum atomic E-state index is 0.00926. The molecule has 1 aliphatic heterocycles. The fourth-order valence-electron chi connectivity index (χ4n) is 3.68. The van der Waals surface area contributed by atoms with E-state index in [1.54, 1.807) is 0 Å². The molecular formula is C22H22N2. The summed E-state index contributed by atoms with van der Waals surface area (Å²) >= 11 is 0. The third-order valence-corrected chi connectivity index (χ3v) is 5.32. The second kappa shape index (κ2) is 5.86. The Hall–Kier alpha value is -2.48. The average molecular weight is 314 g/mol. The summed E-state index contributed by atoms with van der Waals surface area (Å²) in [6, 6.07) is 19.2. The lowest BCUT2D eigenvalue weighted by molar-refractivity contribution is 0.392. The molecule has 2 heterocycles. The molecule has 0 fully saturated rings.